The summed E-state index contributed by atoms with van der Waals surface area (Å²) < 4.78 is 8.96. The summed E-state index contributed by atoms with van der Waals surface area (Å²) in [6.07, 6.45) is 0. The SMILES string of the molecule is c1ccc2c(c1)ccc1c3ccccc3c(-c3ccc(N(c4ccc5c(c4)oc4ccccc45)c4ccc5c(c4)sc4ccccc45)cc3)cc21. The zero-order chi connectivity index (χ0) is 33.5. The number of benzene rings is 9. The van der Waals surface area contributed by atoms with E-state index in [1.165, 1.54) is 63.6 Å². The molecule has 11 aromatic rings. The lowest BCUT2D eigenvalue weighted by molar-refractivity contribution is 0.669. The second-order valence-corrected chi connectivity index (χ2v) is 14.4. The second kappa shape index (κ2) is 11.0. The lowest BCUT2D eigenvalue weighted by Crippen LogP contribution is -2.09. The van der Waals surface area contributed by atoms with Gasteiger partial charge >= 0.3 is 0 Å². The number of hydrogen-bond donors (Lipinski definition) is 0. The summed E-state index contributed by atoms with van der Waals surface area (Å²) >= 11 is 1.85. The number of furan rings is 1. The quantitative estimate of drug-likeness (QED) is 0.174. The van der Waals surface area contributed by atoms with Gasteiger partial charge in [-0.2, -0.15) is 0 Å². The standard InChI is InChI=1S/C48H29NOS/c1-2-10-35-30(9-1)19-24-38-36-11-3-4-12-37(36)43(29-44(35)38)31-17-20-32(21-18-31)49(33-22-25-40-39-13-5-7-15-45(39)50-46(40)27-33)34-23-26-42-41-14-6-8-16-47(41)51-48(42)28-34/h1-29H. The monoisotopic (exact) mass is 667 g/mol. The van der Waals surface area contributed by atoms with Gasteiger partial charge in [-0.15, -0.1) is 11.3 Å². The Morgan fingerprint density at radius 1 is 0.353 bits per heavy atom. The summed E-state index contributed by atoms with van der Waals surface area (Å²) in [6.45, 7) is 0. The molecule has 0 bridgehead atoms. The number of hydrogen-bond acceptors (Lipinski definition) is 3. The van der Waals surface area contributed by atoms with Crippen LogP contribution in [0.4, 0.5) is 17.1 Å². The Labute approximate surface area is 298 Å². The molecule has 0 spiro atoms. The van der Waals surface area contributed by atoms with Crippen molar-refractivity contribution in [2.24, 2.45) is 0 Å². The summed E-state index contributed by atoms with van der Waals surface area (Å²) in [6, 6.07) is 63.9. The zero-order valence-corrected chi connectivity index (χ0v) is 28.3. The molecule has 0 aliphatic heterocycles. The molecule has 2 nitrogen and oxygen atoms in total. The minimum Gasteiger partial charge on any atom is -0.456 e. The van der Waals surface area contributed by atoms with Crippen LogP contribution in [-0.4, -0.2) is 0 Å². The number of thiophene rings is 1. The molecule has 238 valence electrons. The van der Waals surface area contributed by atoms with Crippen molar-refractivity contribution in [3.63, 3.8) is 0 Å². The van der Waals surface area contributed by atoms with Crippen LogP contribution in [-0.2, 0) is 0 Å². The second-order valence-electron chi connectivity index (χ2n) is 13.3. The van der Waals surface area contributed by atoms with Crippen LogP contribution in [0.15, 0.2) is 180 Å². The van der Waals surface area contributed by atoms with E-state index in [1.54, 1.807) is 0 Å². The lowest BCUT2D eigenvalue weighted by atomic mass is 9.91. The third kappa shape index (κ3) is 4.42. The average molecular weight is 668 g/mol. The maximum absolute atomic E-state index is 6.38. The number of fused-ring (bicyclic) bond motifs is 11. The summed E-state index contributed by atoms with van der Waals surface area (Å²) in [5, 5.41) is 12.5. The van der Waals surface area contributed by atoms with E-state index in [2.05, 4.69) is 169 Å². The van der Waals surface area contributed by atoms with Crippen LogP contribution in [0.3, 0.4) is 0 Å². The van der Waals surface area contributed by atoms with Gasteiger partial charge in [-0.3, -0.25) is 0 Å². The maximum Gasteiger partial charge on any atom is 0.137 e. The minimum atomic E-state index is 0.883. The Bertz CT molecular complexity index is 3040. The van der Waals surface area contributed by atoms with E-state index in [9.17, 15) is 0 Å². The van der Waals surface area contributed by atoms with E-state index in [0.717, 1.165) is 39.0 Å². The Balaban J connectivity index is 1.10. The Hall–Kier alpha value is -6.42. The zero-order valence-electron chi connectivity index (χ0n) is 27.5. The topological polar surface area (TPSA) is 16.4 Å². The molecule has 3 heteroatoms. The molecule has 0 amide bonds. The molecule has 0 N–H and O–H groups in total. The van der Waals surface area contributed by atoms with Crippen molar-refractivity contribution in [3.8, 4) is 11.1 Å². The van der Waals surface area contributed by atoms with E-state index in [-0.39, 0.29) is 0 Å². The smallest absolute Gasteiger partial charge is 0.137 e. The lowest BCUT2D eigenvalue weighted by Gasteiger charge is -2.26. The van der Waals surface area contributed by atoms with Gasteiger partial charge in [0.15, 0.2) is 0 Å². The molecule has 0 saturated heterocycles. The van der Waals surface area contributed by atoms with Gasteiger partial charge in [-0.25, -0.2) is 0 Å². The molecule has 0 saturated carbocycles. The van der Waals surface area contributed by atoms with E-state index < -0.39 is 0 Å². The summed E-state index contributed by atoms with van der Waals surface area (Å²) in [5.41, 5.74) is 7.47. The third-order valence-electron chi connectivity index (χ3n) is 10.4. The maximum atomic E-state index is 6.38. The molecular formula is C48H29NOS. The minimum absolute atomic E-state index is 0.883. The molecule has 0 atom stereocenters. The number of nitrogens with zero attached hydrogens (tertiary/aromatic N) is 1. The third-order valence-corrected chi connectivity index (χ3v) is 11.6. The largest absolute Gasteiger partial charge is 0.456 e. The van der Waals surface area contributed by atoms with Crippen molar-refractivity contribution >= 4 is 103 Å². The van der Waals surface area contributed by atoms with Crippen LogP contribution in [0.1, 0.15) is 0 Å². The number of rotatable bonds is 4. The Morgan fingerprint density at radius 3 is 1.80 bits per heavy atom. The highest BCUT2D eigenvalue weighted by Crippen LogP contribution is 2.44. The molecular weight excluding hydrogens is 639 g/mol. The molecule has 51 heavy (non-hydrogen) atoms. The first-order valence-corrected chi connectivity index (χ1v) is 18.1. The van der Waals surface area contributed by atoms with Crippen LogP contribution in [0, 0.1) is 0 Å². The van der Waals surface area contributed by atoms with E-state index >= 15 is 0 Å². The van der Waals surface area contributed by atoms with Crippen molar-refractivity contribution in [3.05, 3.63) is 176 Å². The fourth-order valence-corrected chi connectivity index (χ4v) is 9.18. The predicted molar refractivity (Wildman–Crippen MR) is 219 cm³/mol. The summed E-state index contributed by atoms with van der Waals surface area (Å²) in [4.78, 5) is 2.35. The Morgan fingerprint density at radius 2 is 0.941 bits per heavy atom. The van der Waals surface area contributed by atoms with Crippen LogP contribution in [0.2, 0.25) is 0 Å². The van der Waals surface area contributed by atoms with E-state index in [0.29, 0.717) is 0 Å². The molecule has 2 heterocycles. The average Bonchev–Trinajstić information content (AvgIpc) is 3.75. The highest BCUT2D eigenvalue weighted by atomic mass is 32.1. The molecule has 0 fully saturated rings. The van der Waals surface area contributed by atoms with Gasteiger partial charge in [-0.1, -0.05) is 115 Å². The molecule has 0 unspecified atom stereocenters. The molecule has 0 aliphatic carbocycles. The summed E-state index contributed by atoms with van der Waals surface area (Å²) in [7, 11) is 0. The van der Waals surface area contributed by atoms with Crippen molar-refractivity contribution in [1.82, 2.24) is 0 Å². The number of para-hydroxylation sites is 1. The fraction of sp³-hybridized carbons (Fsp3) is 0. The van der Waals surface area contributed by atoms with Crippen LogP contribution >= 0.6 is 11.3 Å². The summed E-state index contributed by atoms with van der Waals surface area (Å²) in [5.74, 6) is 0. The number of anilines is 3. The van der Waals surface area contributed by atoms with Gasteiger partial charge in [-0.05, 0) is 98.0 Å². The fourth-order valence-electron chi connectivity index (χ4n) is 8.04. The van der Waals surface area contributed by atoms with E-state index in [4.69, 9.17) is 4.42 Å². The van der Waals surface area contributed by atoms with Crippen molar-refractivity contribution in [2.45, 2.75) is 0 Å². The first-order chi connectivity index (χ1) is 25.3. The van der Waals surface area contributed by atoms with Gasteiger partial charge in [0.25, 0.3) is 0 Å². The van der Waals surface area contributed by atoms with Crippen LogP contribution in [0.25, 0.3) is 85.6 Å². The molecule has 0 aliphatic rings. The normalized spacial score (nSPS) is 11.9. The van der Waals surface area contributed by atoms with Crippen molar-refractivity contribution < 1.29 is 4.42 Å². The predicted octanol–water partition coefficient (Wildman–Crippen LogP) is 14.6. The van der Waals surface area contributed by atoms with E-state index in [1.807, 2.05) is 23.5 Å². The highest BCUT2D eigenvalue weighted by molar-refractivity contribution is 7.25. The first-order valence-electron chi connectivity index (χ1n) is 17.3. The van der Waals surface area contributed by atoms with Gasteiger partial charge in [0.1, 0.15) is 11.2 Å². The Kier molecular flexibility index (Phi) is 6.16. The van der Waals surface area contributed by atoms with Crippen molar-refractivity contribution in [2.75, 3.05) is 4.90 Å². The highest BCUT2D eigenvalue weighted by Gasteiger charge is 2.18. The van der Waals surface area contributed by atoms with Crippen molar-refractivity contribution in [1.29, 1.82) is 0 Å². The first kappa shape index (κ1) is 28.4. The molecule has 11 rings (SSSR count). The molecule has 0 radical (unpaired) electrons. The van der Waals surface area contributed by atoms with Crippen LogP contribution < -0.4 is 4.90 Å². The van der Waals surface area contributed by atoms with Gasteiger partial charge in [0, 0.05) is 54.1 Å². The van der Waals surface area contributed by atoms with Gasteiger partial charge < -0.3 is 9.32 Å². The van der Waals surface area contributed by atoms with Crippen LogP contribution in [0.5, 0.6) is 0 Å². The van der Waals surface area contributed by atoms with Gasteiger partial charge in [0.05, 0.1) is 0 Å². The van der Waals surface area contributed by atoms with Gasteiger partial charge in [0.2, 0.25) is 0 Å². The molecule has 2 aromatic heterocycles. The molecule has 9 aromatic carbocycles.